The van der Waals surface area contributed by atoms with Gasteiger partial charge in [0.2, 0.25) is 0 Å². The van der Waals surface area contributed by atoms with E-state index in [1.807, 2.05) is 25.1 Å². The normalized spacial score (nSPS) is 12.0. The van der Waals surface area contributed by atoms with Crippen LogP contribution in [0.4, 0.5) is 0 Å². The molecular weight excluding hydrogens is 495 g/mol. The topological polar surface area (TPSA) is 87.9 Å². The molecule has 1 aromatic carbocycles. The SMILES string of the molecule is CN=C(NCCCNC(=O)c1occc1C)NCCCOC(C)c1ccccc1.I. The molecule has 1 amide bonds. The van der Waals surface area contributed by atoms with Crippen molar-refractivity contribution >= 4 is 35.8 Å². The molecule has 166 valence electrons. The number of guanidine groups is 1. The summed E-state index contributed by atoms with van der Waals surface area (Å²) in [5.41, 5.74) is 2.03. The summed E-state index contributed by atoms with van der Waals surface area (Å²) in [6, 6.07) is 12.0. The Bertz CT molecular complexity index is 765. The third-order valence-electron chi connectivity index (χ3n) is 4.47. The predicted octanol–water partition coefficient (Wildman–Crippen LogP) is 3.66. The second-order valence-corrected chi connectivity index (χ2v) is 6.75. The number of carbonyl (C=O) groups is 1. The number of aryl methyl sites for hydroxylation is 1. The maximum atomic E-state index is 11.9. The maximum Gasteiger partial charge on any atom is 0.287 e. The first-order valence-electron chi connectivity index (χ1n) is 10.0. The Morgan fingerprint density at radius 1 is 1.07 bits per heavy atom. The van der Waals surface area contributed by atoms with Gasteiger partial charge >= 0.3 is 0 Å². The number of rotatable bonds is 11. The van der Waals surface area contributed by atoms with E-state index in [1.54, 1.807) is 13.1 Å². The number of benzene rings is 1. The maximum absolute atomic E-state index is 11.9. The van der Waals surface area contributed by atoms with Gasteiger partial charge in [0.15, 0.2) is 11.7 Å². The van der Waals surface area contributed by atoms with Gasteiger partial charge in [-0.2, -0.15) is 0 Å². The van der Waals surface area contributed by atoms with Gasteiger partial charge in [0.1, 0.15) is 0 Å². The van der Waals surface area contributed by atoms with E-state index in [9.17, 15) is 4.79 Å². The highest BCUT2D eigenvalue weighted by Crippen LogP contribution is 2.15. The monoisotopic (exact) mass is 528 g/mol. The molecule has 2 aromatic rings. The molecule has 8 heteroatoms. The van der Waals surface area contributed by atoms with Gasteiger partial charge in [0.25, 0.3) is 5.91 Å². The van der Waals surface area contributed by atoms with E-state index in [0.717, 1.165) is 30.9 Å². The molecule has 0 fully saturated rings. The summed E-state index contributed by atoms with van der Waals surface area (Å²) < 4.78 is 11.0. The van der Waals surface area contributed by atoms with Crippen molar-refractivity contribution in [2.24, 2.45) is 4.99 Å². The summed E-state index contributed by atoms with van der Waals surface area (Å²) >= 11 is 0. The van der Waals surface area contributed by atoms with Crippen molar-refractivity contribution in [1.29, 1.82) is 0 Å². The third-order valence-corrected chi connectivity index (χ3v) is 4.47. The molecule has 0 aliphatic carbocycles. The lowest BCUT2D eigenvalue weighted by Crippen LogP contribution is -2.39. The van der Waals surface area contributed by atoms with Crippen LogP contribution in [-0.4, -0.2) is 45.2 Å². The molecule has 1 atom stereocenters. The summed E-state index contributed by atoms with van der Waals surface area (Å²) in [6.45, 7) is 6.64. The summed E-state index contributed by atoms with van der Waals surface area (Å²) in [5, 5.41) is 9.36. The number of nitrogens with one attached hydrogen (secondary N) is 3. The van der Waals surface area contributed by atoms with E-state index in [-0.39, 0.29) is 36.0 Å². The van der Waals surface area contributed by atoms with E-state index >= 15 is 0 Å². The lowest BCUT2D eigenvalue weighted by molar-refractivity contribution is 0.0646. The molecule has 0 spiro atoms. The molecule has 7 nitrogen and oxygen atoms in total. The van der Waals surface area contributed by atoms with Crippen LogP contribution in [0.25, 0.3) is 0 Å². The van der Waals surface area contributed by atoms with Gasteiger partial charge in [0.05, 0.1) is 12.4 Å². The molecule has 2 rings (SSSR count). The zero-order valence-electron chi connectivity index (χ0n) is 17.9. The third kappa shape index (κ3) is 9.17. The van der Waals surface area contributed by atoms with Crippen LogP contribution >= 0.6 is 24.0 Å². The Morgan fingerprint density at radius 2 is 1.73 bits per heavy atom. The number of nitrogens with zero attached hydrogens (tertiary/aromatic N) is 1. The van der Waals surface area contributed by atoms with Crippen molar-refractivity contribution in [2.75, 3.05) is 33.3 Å². The average Bonchev–Trinajstić information content (AvgIpc) is 3.18. The van der Waals surface area contributed by atoms with Gasteiger partial charge in [-0.15, -0.1) is 24.0 Å². The van der Waals surface area contributed by atoms with Crippen LogP contribution in [0.2, 0.25) is 0 Å². The van der Waals surface area contributed by atoms with Crippen LogP contribution in [0.5, 0.6) is 0 Å². The number of amides is 1. The largest absolute Gasteiger partial charge is 0.459 e. The number of halogens is 1. The smallest absolute Gasteiger partial charge is 0.287 e. The van der Waals surface area contributed by atoms with Crippen LogP contribution in [0, 0.1) is 6.92 Å². The van der Waals surface area contributed by atoms with Crippen LogP contribution in [0.3, 0.4) is 0 Å². The van der Waals surface area contributed by atoms with E-state index in [0.29, 0.717) is 25.5 Å². The average molecular weight is 528 g/mol. The fourth-order valence-electron chi connectivity index (χ4n) is 2.76. The summed E-state index contributed by atoms with van der Waals surface area (Å²) in [7, 11) is 1.74. The Kier molecular flexibility index (Phi) is 12.8. The molecule has 0 saturated carbocycles. The van der Waals surface area contributed by atoms with Crippen LogP contribution in [0.15, 0.2) is 52.1 Å². The number of hydrogen-bond donors (Lipinski definition) is 3. The minimum absolute atomic E-state index is 0. The number of ether oxygens (including phenoxy) is 1. The van der Waals surface area contributed by atoms with Gasteiger partial charge in [-0.25, -0.2) is 0 Å². The Morgan fingerprint density at radius 3 is 2.37 bits per heavy atom. The zero-order valence-corrected chi connectivity index (χ0v) is 20.3. The molecule has 0 aliphatic rings. The van der Waals surface area contributed by atoms with Gasteiger partial charge in [-0.05, 0) is 38.3 Å². The second-order valence-electron chi connectivity index (χ2n) is 6.75. The highest BCUT2D eigenvalue weighted by atomic mass is 127. The van der Waals surface area contributed by atoms with Crippen molar-refractivity contribution in [3.05, 3.63) is 59.5 Å². The van der Waals surface area contributed by atoms with Crippen LogP contribution < -0.4 is 16.0 Å². The molecule has 1 aromatic heterocycles. The fraction of sp³-hybridized carbons (Fsp3) is 0.455. The molecule has 1 unspecified atom stereocenters. The highest BCUT2D eigenvalue weighted by Gasteiger charge is 2.11. The first-order chi connectivity index (χ1) is 14.1. The molecule has 1 heterocycles. The van der Waals surface area contributed by atoms with Gasteiger partial charge in [-0.3, -0.25) is 9.79 Å². The Balaban J connectivity index is 0.00000450. The number of hydrogen-bond acceptors (Lipinski definition) is 4. The lowest BCUT2D eigenvalue weighted by Gasteiger charge is -2.15. The number of furan rings is 1. The van der Waals surface area contributed by atoms with Gasteiger partial charge < -0.3 is 25.1 Å². The van der Waals surface area contributed by atoms with E-state index in [4.69, 9.17) is 9.15 Å². The zero-order chi connectivity index (χ0) is 20.9. The van der Waals surface area contributed by atoms with E-state index < -0.39 is 0 Å². The first kappa shape index (κ1) is 26.0. The second kappa shape index (κ2) is 14.8. The molecule has 3 N–H and O–H groups in total. The highest BCUT2D eigenvalue weighted by molar-refractivity contribution is 14.0. The molecule has 0 aliphatic heterocycles. The molecule has 30 heavy (non-hydrogen) atoms. The van der Waals surface area contributed by atoms with E-state index in [2.05, 4.69) is 40.0 Å². The van der Waals surface area contributed by atoms with Crippen molar-refractivity contribution < 1.29 is 13.9 Å². The first-order valence-corrected chi connectivity index (χ1v) is 10.0. The minimum atomic E-state index is -0.181. The van der Waals surface area contributed by atoms with Crippen molar-refractivity contribution in [3.63, 3.8) is 0 Å². The van der Waals surface area contributed by atoms with Crippen LogP contribution in [-0.2, 0) is 4.74 Å². The Hall–Kier alpha value is -2.07. The lowest BCUT2D eigenvalue weighted by atomic mass is 10.1. The van der Waals surface area contributed by atoms with Crippen molar-refractivity contribution in [3.8, 4) is 0 Å². The fourth-order valence-corrected chi connectivity index (χ4v) is 2.76. The molecular formula is C22H33IN4O3. The van der Waals surface area contributed by atoms with Crippen LogP contribution in [0.1, 0.15) is 47.6 Å². The quantitative estimate of drug-likeness (QED) is 0.179. The Labute approximate surface area is 196 Å². The molecule has 0 saturated heterocycles. The number of carbonyl (C=O) groups excluding carboxylic acids is 1. The molecule has 0 radical (unpaired) electrons. The van der Waals surface area contributed by atoms with Gasteiger partial charge in [0, 0.05) is 38.9 Å². The van der Waals surface area contributed by atoms with Crippen molar-refractivity contribution in [1.82, 2.24) is 16.0 Å². The summed E-state index contributed by atoms with van der Waals surface area (Å²) in [6.07, 6.45) is 3.28. The standard InChI is InChI=1S/C22H32N4O3.HI/c1-17-11-16-29-20(17)21(27)24-12-7-13-25-22(23-3)26-14-8-15-28-18(2)19-9-5-4-6-10-19;/h4-6,9-11,16,18H,7-8,12-15H2,1-3H3,(H,24,27)(H2,23,25,26);1H. The minimum Gasteiger partial charge on any atom is -0.459 e. The molecule has 0 bridgehead atoms. The summed E-state index contributed by atoms with van der Waals surface area (Å²) in [5.74, 6) is 0.938. The van der Waals surface area contributed by atoms with Gasteiger partial charge in [-0.1, -0.05) is 30.3 Å². The number of aliphatic imine (C=N–C) groups is 1. The van der Waals surface area contributed by atoms with Crippen molar-refractivity contribution in [2.45, 2.75) is 32.8 Å². The van der Waals surface area contributed by atoms with E-state index in [1.165, 1.54) is 11.8 Å². The predicted molar refractivity (Wildman–Crippen MR) is 131 cm³/mol. The summed E-state index contributed by atoms with van der Waals surface area (Å²) in [4.78, 5) is 16.2.